The number of nitrogens with zero attached hydrogens (tertiary/aromatic N) is 2. The van der Waals surface area contributed by atoms with Crippen LogP contribution in [0, 0.1) is 5.82 Å². The molecule has 2 rings (SSSR count). The van der Waals surface area contributed by atoms with Crippen molar-refractivity contribution < 1.29 is 18.0 Å². The van der Waals surface area contributed by atoms with Gasteiger partial charge in [-0.3, -0.25) is 15.2 Å². The van der Waals surface area contributed by atoms with Crippen LogP contribution in [0.1, 0.15) is 22.6 Å². The maximum Gasteiger partial charge on any atom is 0.283 e. The maximum absolute atomic E-state index is 13.1. The zero-order valence-electron chi connectivity index (χ0n) is 10.4. The van der Waals surface area contributed by atoms with Gasteiger partial charge in [0.25, 0.3) is 12.3 Å². The first-order chi connectivity index (χ1) is 9.51. The molecule has 0 aliphatic carbocycles. The highest BCUT2D eigenvalue weighted by Crippen LogP contribution is 2.25. The van der Waals surface area contributed by atoms with Gasteiger partial charge in [0.05, 0.1) is 6.20 Å². The van der Waals surface area contributed by atoms with Crippen LogP contribution in [0.2, 0.25) is 0 Å². The number of amides is 1. The van der Waals surface area contributed by atoms with E-state index in [0.29, 0.717) is 0 Å². The molecule has 0 unspecified atom stereocenters. The molecule has 9 heteroatoms. The molecule has 0 aliphatic rings. The molecule has 0 radical (unpaired) electrons. The Morgan fingerprint density at radius 1 is 1.19 bits per heavy atom. The number of nitrogens with one attached hydrogen (secondary N) is 1. The van der Waals surface area contributed by atoms with Gasteiger partial charge < -0.3 is 0 Å². The Balaban J connectivity index is 0.00000220. The van der Waals surface area contributed by atoms with Gasteiger partial charge in [-0.05, 0) is 23.8 Å². The molecule has 2 aromatic heterocycles. The summed E-state index contributed by atoms with van der Waals surface area (Å²) in [6.07, 6.45) is -0.606. The van der Waals surface area contributed by atoms with Gasteiger partial charge in [-0.15, -0.1) is 12.4 Å². The first-order valence-electron chi connectivity index (χ1n) is 5.43. The van der Waals surface area contributed by atoms with Crippen molar-refractivity contribution in [3.63, 3.8) is 0 Å². The van der Waals surface area contributed by atoms with Crippen LogP contribution in [0.3, 0.4) is 0 Å². The lowest BCUT2D eigenvalue weighted by Gasteiger charge is -2.08. The molecule has 3 N–H and O–H groups in total. The largest absolute Gasteiger partial charge is 0.289 e. The number of hydrogen-bond acceptors (Lipinski definition) is 4. The van der Waals surface area contributed by atoms with Gasteiger partial charge in [0.1, 0.15) is 17.2 Å². The molecule has 2 heterocycles. The zero-order valence-corrected chi connectivity index (χ0v) is 11.2. The van der Waals surface area contributed by atoms with Crippen molar-refractivity contribution in [1.82, 2.24) is 15.4 Å². The summed E-state index contributed by atoms with van der Waals surface area (Å²) in [6.45, 7) is 0. The van der Waals surface area contributed by atoms with E-state index in [-0.39, 0.29) is 29.2 Å². The van der Waals surface area contributed by atoms with Crippen molar-refractivity contribution in [3.8, 4) is 11.1 Å². The molecule has 0 bridgehead atoms. The average molecular weight is 319 g/mol. The van der Waals surface area contributed by atoms with Crippen LogP contribution in [-0.4, -0.2) is 15.9 Å². The van der Waals surface area contributed by atoms with Crippen LogP contribution < -0.4 is 11.3 Å². The quantitative estimate of drug-likeness (QED) is 0.516. The third-order valence-electron chi connectivity index (χ3n) is 2.47. The predicted octanol–water partition coefficient (Wildman–Crippen LogP) is 2.25. The number of nitrogens with two attached hydrogens (primary N) is 1. The summed E-state index contributed by atoms with van der Waals surface area (Å²) in [5.41, 5.74) is 1.35. The minimum Gasteiger partial charge on any atom is -0.289 e. The Morgan fingerprint density at radius 2 is 1.90 bits per heavy atom. The van der Waals surface area contributed by atoms with E-state index in [1.54, 1.807) is 5.43 Å². The molecular weight excluding hydrogens is 309 g/mol. The van der Waals surface area contributed by atoms with E-state index < -0.39 is 23.8 Å². The molecule has 2 aromatic rings. The van der Waals surface area contributed by atoms with Gasteiger partial charge in [-0.1, -0.05) is 0 Å². The Morgan fingerprint density at radius 3 is 2.48 bits per heavy atom. The minimum atomic E-state index is -2.87. The van der Waals surface area contributed by atoms with Crippen LogP contribution in [0.5, 0.6) is 0 Å². The summed E-state index contributed by atoms with van der Waals surface area (Å²) in [5, 5.41) is 0. The molecule has 0 aliphatic heterocycles. The SMILES string of the molecule is Cl.NNC(=O)c1cc(-c2cncc(F)c2)cc(C(F)F)n1. The Kier molecular flexibility index (Phi) is 5.62. The monoisotopic (exact) mass is 318 g/mol. The van der Waals surface area contributed by atoms with Crippen molar-refractivity contribution >= 4 is 18.3 Å². The molecule has 0 atom stereocenters. The molecule has 0 saturated carbocycles. The van der Waals surface area contributed by atoms with Crippen LogP contribution in [0.15, 0.2) is 30.6 Å². The van der Waals surface area contributed by atoms with Crippen molar-refractivity contribution in [2.45, 2.75) is 6.43 Å². The number of rotatable bonds is 3. The Bertz CT molecular complexity index is 654. The Hall–Kier alpha value is -2.19. The van der Waals surface area contributed by atoms with Gasteiger partial charge in [-0.2, -0.15) is 0 Å². The highest BCUT2D eigenvalue weighted by Gasteiger charge is 2.16. The van der Waals surface area contributed by atoms with Gasteiger partial charge in [0, 0.05) is 11.8 Å². The molecular formula is C12H10ClF3N4O. The van der Waals surface area contributed by atoms with Crippen molar-refractivity contribution in [2.75, 3.05) is 0 Å². The molecule has 5 nitrogen and oxygen atoms in total. The van der Waals surface area contributed by atoms with Gasteiger partial charge >= 0.3 is 0 Å². The summed E-state index contributed by atoms with van der Waals surface area (Å²) in [5.74, 6) is 3.50. The summed E-state index contributed by atoms with van der Waals surface area (Å²) in [4.78, 5) is 18.5. The van der Waals surface area contributed by atoms with Gasteiger partial charge in [0.15, 0.2) is 0 Å². The van der Waals surface area contributed by atoms with E-state index in [1.165, 1.54) is 12.3 Å². The van der Waals surface area contributed by atoms with E-state index >= 15 is 0 Å². The predicted molar refractivity (Wildman–Crippen MR) is 71.3 cm³/mol. The van der Waals surface area contributed by atoms with Crippen LogP contribution in [0.4, 0.5) is 13.2 Å². The third-order valence-corrected chi connectivity index (χ3v) is 2.47. The first kappa shape index (κ1) is 16.9. The molecule has 112 valence electrons. The number of carbonyl (C=O) groups is 1. The smallest absolute Gasteiger partial charge is 0.283 e. The fourth-order valence-electron chi connectivity index (χ4n) is 1.59. The van der Waals surface area contributed by atoms with Crippen molar-refractivity contribution in [3.05, 3.63) is 47.8 Å². The standard InChI is InChI=1S/C12H9F3N4O.ClH/c13-8-1-7(4-17-5-8)6-2-9(11(14)15)18-10(3-6)12(20)19-16;/h1-5,11H,16H2,(H,19,20);1H. The third kappa shape index (κ3) is 3.89. The number of pyridine rings is 2. The van der Waals surface area contributed by atoms with E-state index in [1.807, 2.05) is 0 Å². The normalized spacial score (nSPS) is 10.1. The van der Waals surface area contributed by atoms with E-state index in [4.69, 9.17) is 5.84 Å². The van der Waals surface area contributed by atoms with Gasteiger partial charge in [-0.25, -0.2) is 24.0 Å². The number of halogens is 4. The highest BCUT2D eigenvalue weighted by molar-refractivity contribution is 5.93. The molecule has 0 fully saturated rings. The van der Waals surface area contributed by atoms with Crippen LogP contribution in [-0.2, 0) is 0 Å². The van der Waals surface area contributed by atoms with Gasteiger partial charge in [0.2, 0.25) is 0 Å². The van der Waals surface area contributed by atoms with E-state index in [2.05, 4.69) is 9.97 Å². The summed E-state index contributed by atoms with van der Waals surface area (Å²) in [6, 6.07) is 3.40. The van der Waals surface area contributed by atoms with E-state index in [0.717, 1.165) is 18.3 Å². The second kappa shape index (κ2) is 7.00. The fraction of sp³-hybridized carbons (Fsp3) is 0.0833. The lowest BCUT2D eigenvalue weighted by Crippen LogP contribution is -2.31. The zero-order chi connectivity index (χ0) is 14.7. The number of alkyl halides is 2. The molecule has 0 spiro atoms. The number of nitrogen functional groups attached to an aromatic ring is 1. The Labute approximate surface area is 123 Å². The number of carbonyl (C=O) groups excluding carboxylic acids is 1. The van der Waals surface area contributed by atoms with Crippen LogP contribution >= 0.6 is 12.4 Å². The van der Waals surface area contributed by atoms with Crippen molar-refractivity contribution in [1.29, 1.82) is 0 Å². The van der Waals surface area contributed by atoms with E-state index in [9.17, 15) is 18.0 Å². The minimum absolute atomic E-state index is 0. The average Bonchev–Trinajstić information content (AvgIpc) is 2.45. The number of hydrazine groups is 1. The molecule has 1 amide bonds. The summed E-state index contributed by atoms with van der Waals surface area (Å²) < 4.78 is 38.7. The van der Waals surface area contributed by atoms with Crippen molar-refractivity contribution in [2.24, 2.45) is 5.84 Å². The topological polar surface area (TPSA) is 80.9 Å². The molecule has 0 aromatic carbocycles. The number of aromatic nitrogens is 2. The first-order valence-corrected chi connectivity index (χ1v) is 5.43. The second-order valence-corrected chi connectivity index (χ2v) is 3.83. The fourth-order valence-corrected chi connectivity index (χ4v) is 1.59. The molecule has 0 saturated heterocycles. The summed E-state index contributed by atoms with van der Waals surface area (Å²) in [7, 11) is 0. The number of hydrogen-bond donors (Lipinski definition) is 2. The second-order valence-electron chi connectivity index (χ2n) is 3.83. The lowest BCUT2D eigenvalue weighted by molar-refractivity contribution is 0.0946. The maximum atomic E-state index is 13.1. The highest BCUT2D eigenvalue weighted by atomic mass is 35.5. The lowest BCUT2D eigenvalue weighted by atomic mass is 10.1. The summed E-state index contributed by atoms with van der Waals surface area (Å²) >= 11 is 0. The molecule has 21 heavy (non-hydrogen) atoms. The van der Waals surface area contributed by atoms with Crippen LogP contribution in [0.25, 0.3) is 11.1 Å².